The van der Waals surface area contributed by atoms with Gasteiger partial charge in [-0.2, -0.15) is 0 Å². The summed E-state index contributed by atoms with van der Waals surface area (Å²) in [6.45, 7) is 0. The topological polar surface area (TPSA) is 74.6 Å². The first-order valence-electron chi connectivity index (χ1n) is 1.77. The summed E-state index contributed by atoms with van der Waals surface area (Å²) in [5, 5.41) is 15.6. The third kappa shape index (κ3) is 11.1. The van der Waals surface area contributed by atoms with Crippen molar-refractivity contribution in [2.45, 2.75) is 0 Å². The van der Waals surface area contributed by atoms with Crippen molar-refractivity contribution in [2.75, 3.05) is 0 Å². The number of rotatable bonds is 2. The Morgan fingerprint density at radius 2 is 1.22 bits per heavy atom. The SMILES string of the molecule is O=C(O)/C=C\C(=O)O.[LiH]. The summed E-state index contributed by atoms with van der Waals surface area (Å²) >= 11 is 0. The fourth-order valence-corrected chi connectivity index (χ4v) is 0.143. The molecule has 0 unspecified atom stereocenters. The van der Waals surface area contributed by atoms with Gasteiger partial charge in [-0.1, -0.05) is 0 Å². The zero-order valence-electron chi connectivity index (χ0n) is 3.87. The van der Waals surface area contributed by atoms with Gasteiger partial charge in [-0.05, 0) is 0 Å². The molecule has 0 saturated heterocycles. The fraction of sp³-hybridized carbons (Fsp3) is 0. The Hall–Kier alpha value is -0.723. The third-order valence-electron chi connectivity index (χ3n) is 0.368. The van der Waals surface area contributed by atoms with Crippen LogP contribution in [0.25, 0.3) is 0 Å². The Kier molecular flexibility index (Phi) is 6.69. The maximum absolute atomic E-state index is 9.55. The second-order valence-electron chi connectivity index (χ2n) is 1.01. The second-order valence-corrected chi connectivity index (χ2v) is 1.01. The first-order chi connectivity index (χ1) is 3.63. The van der Waals surface area contributed by atoms with Crippen LogP contribution in [0.4, 0.5) is 0 Å². The Balaban J connectivity index is 0. The Morgan fingerprint density at radius 1 is 1.00 bits per heavy atom. The summed E-state index contributed by atoms with van der Waals surface area (Å²) in [6, 6.07) is 0. The zero-order chi connectivity index (χ0) is 6.57. The van der Waals surface area contributed by atoms with Gasteiger partial charge in [0.25, 0.3) is 0 Å². The van der Waals surface area contributed by atoms with E-state index in [-0.39, 0.29) is 18.9 Å². The van der Waals surface area contributed by atoms with Gasteiger partial charge in [0, 0.05) is 12.2 Å². The van der Waals surface area contributed by atoms with Crippen LogP contribution in [0.5, 0.6) is 0 Å². The van der Waals surface area contributed by atoms with Gasteiger partial charge in [0.2, 0.25) is 0 Å². The normalized spacial score (nSPS) is 8.44. The van der Waals surface area contributed by atoms with Gasteiger partial charge >= 0.3 is 30.8 Å². The zero-order valence-corrected chi connectivity index (χ0v) is 3.87. The fourth-order valence-electron chi connectivity index (χ4n) is 0.143. The molecule has 5 heteroatoms. The van der Waals surface area contributed by atoms with E-state index in [2.05, 4.69) is 0 Å². The van der Waals surface area contributed by atoms with E-state index in [0.717, 1.165) is 0 Å². The number of hydrogen-bond acceptors (Lipinski definition) is 2. The number of carbonyl (C=O) groups is 2. The van der Waals surface area contributed by atoms with E-state index in [1.165, 1.54) is 0 Å². The van der Waals surface area contributed by atoms with E-state index in [1.54, 1.807) is 0 Å². The average Bonchev–Trinajstić information content (AvgIpc) is 1.61. The van der Waals surface area contributed by atoms with Crippen molar-refractivity contribution >= 4 is 30.8 Å². The van der Waals surface area contributed by atoms with Crippen LogP contribution >= 0.6 is 0 Å². The third-order valence-corrected chi connectivity index (χ3v) is 0.368. The van der Waals surface area contributed by atoms with E-state index in [4.69, 9.17) is 10.2 Å². The molecule has 9 heavy (non-hydrogen) atoms. The van der Waals surface area contributed by atoms with Gasteiger partial charge in [-0.25, -0.2) is 9.59 Å². The van der Waals surface area contributed by atoms with Crippen LogP contribution in [0.15, 0.2) is 12.2 Å². The van der Waals surface area contributed by atoms with Crippen LogP contribution in [-0.2, 0) is 9.59 Å². The van der Waals surface area contributed by atoms with Crippen molar-refractivity contribution in [1.82, 2.24) is 0 Å². The monoisotopic (exact) mass is 124 g/mol. The molecule has 0 fully saturated rings. The molecule has 4 nitrogen and oxygen atoms in total. The molecule has 0 saturated carbocycles. The van der Waals surface area contributed by atoms with E-state index >= 15 is 0 Å². The minimum atomic E-state index is -1.26. The molecule has 0 bridgehead atoms. The van der Waals surface area contributed by atoms with Crippen LogP contribution in [0, 0.1) is 0 Å². The van der Waals surface area contributed by atoms with Crippen molar-refractivity contribution in [1.29, 1.82) is 0 Å². The predicted octanol–water partition coefficient (Wildman–Crippen LogP) is -0.937. The molecule has 0 aromatic rings. The molecule has 0 amide bonds. The molecule has 0 atom stereocenters. The van der Waals surface area contributed by atoms with Gasteiger partial charge in [-0.15, -0.1) is 0 Å². The van der Waals surface area contributed by atoms with E-state index in [9.17, 15) is 9.59 Å². The van der Waals surface area contributed by atoms with Crippen molar-refractivity contribution in [2.24, 2.45) is 0 Å². The molecule has 0 aliphatic carbocycles. The summed E-state index contributed by atoms with van der Waals surface area (Å²) in [7, 11) is 0. The molecule has 0 aromatic heterocycles. The molecule has 0 aliphatic heterocycles. The Bertz CT molecular complexity index is 124. The Labute approximate surface area is 63.4 Å². The molecule has 0 rings (SSSR count). The van der Waals surface area contributed by atoms with Crippen molar-refractivity contribution < 1.29 is 19.8 Å². The number of carboxylic acids is 2. The quantitative estimate of drug-likeness (QED) is 0.368. The molecule has 0 radical (unpaired) electrons. The first-order valence-corrected chi connectivity index (χ1v) is 1.77. The molecule has 0 aliphatic rings. The molecule has 0 heterocycles. The summed E-state index contributed by atoms with van der Waals surface area (Å²) < 4.78 is 0. The van der Waals surface area contributed by atoms with Gasteiger partial charge in [0.15, 0.2) is 0 Å². The number of hydrogen-bond donors (Lipinski definition) is 2. The van der Waals surface area contributed by atoms with Crippen molar-refractivity contribution in [3.63, 3.8) is 0 Å². The van der Waals surface area contributed by atoms with Gasteiger partial charge in [-0.3, -0.25) is 0 Å². The molecule has 46 valence electrons. The molecular formula is C4H5LiO4. The van der Waals surface area contributed by atoms with Crippen LogP contribution < -0.4 is 0 Å². The number of carboxylic acid groups (broad SMARTS) is 2. The summed E-state index contributed by atoms with van der Waals surface area (Å²) in [4.78, 5) is 19.1. The van der Waals surface area contributed by atoms with E-state index in [1.807, 2.05) is 0 Å². The standard InChI is InChI=1S/C4H4O4.Li.H/c5-3(6)1-2-4(7)8;;/h1-2H,(H,5,6)(H,7,8);;/b2-1-;;. The molecule has 0 spiro atoms. The number of aliphatic carboxylic acids is 2. The van der Waals surface area contributed by atoms with Gasteiger partial charge in [0.1, 0.15) is 0 Å². The summed E-state index contributed by atoms with van der Waals surface area (Å²) in [5.41, 5.74) is 0. The van der Waals surface area contributed by atoms with Crippen molar-refractivity contribution in [3.05, 3.63) is 12.2 Å². The second kappa shape index (κ2) is 5.41. The average molecular weight is 124 g/mol. The summed E-state index contributed by atoms with van der Waals surface area (Å²) in [5.74, 6) is -2.51. The van der Waals surface area contributed by atoms with Crippen LogP contribution in [0.1, 0.15) is 0 Å². The molecule has 2 N–H and O–H groups in total. The maximum atomic E-state index is 9.55. The van der Waals surface area contributed by atoms with Crippen LogP contribution in [-0.4, -0.2) is 41.0 Å². The first kappa shape index (κ1) is 11.1. The van der Waals surface area contributed by atoms with Gasteiger partial charge < -0.3 is 10.2 Å². The molecular weight excluding hydrogens is 119 g/mol. The van der Waals surface area contributed by atoms with Gasteiger partial charge in [0.05, 0.1) is 0 Å². The van der Waals surface area contributed by atoms with Crippen molar-refractivity contribution in [3.8, 4) is 0 Å². The van der Waals surface area contributed by atoms with Crippen LogP contribution in [0.2, 0.25) is 0 Å². The molecule has 0 aromatic carbocycles. The Morgan fingerprint density at radius 3 is 1.33 bits per heavy atom. The van der Waals surface area contributed by atoms with E-state index in [0.29, 0.717) is 12.2 Å². The predicted molar refractivity (Wildman–Crippen MR) is 31.6 cm³/mol. The minimum absolute atomic E-state index is 0. The van der Waals surface area contributed by atoms with Crippen LogP contribution in [0.3, 0.4) is 0 Å². The van der Waals surface area contributed by atoms with E-state index < -0.39 is 11.9 Å². The summed E-state index contributed by atoms with van der Waals surface area (Å²) in [6.07, 6.45) is 1.12.